The maximum absolute atomic E-state index is 12.2. The summed E-state index contributed by atoms with van der Waals surface area (Å²) in [5.74, 6) is -1.09. The summed E-state index contributed by atoms with van der Waals surface area (Å²) in [4.78, 5) is 47.7. The van der Waals surface area contributed by atoms with Gasteiger partial charge in [-0.1, -0.05) is 27.0 Å². The third-order valence-corrected chi connectivity index (χ3v) is 4.49. The lowest BCUT2D eigenvalue weighted by Crippen LogP contribution is -2.37. The summed E-state index contributed by atoms with van der Waals surface area (Å²) in [6, 6.07) is 12.4. The second-order valence-electron chi connectivity index (χ2n) is 6.87. The van der Waals surface area contributed by atoms with Gasteiger partial charge in [0.2, 0.25) is 0 Å². The van der Waals surface area contributed by atoms with E-state index in [1.165, 1.54) is 19.1 Å². The topological polar surface area (TPSA) is 126 Å². The molecule has 3 amide bonds. The molecular weight excluding hydrogens is 436 g/mol. The molecule has 0 spiro atoms. The minimum Gasteiger partial charge on any atom is -0.378 e. The lowest BCUT2D eigenvalue weighted by molar-refractivity contribution is 0.0905. The number of likely N-dealkylation sites (N-methyl/N-ethyl adjacent to an activating group) is 1. The van der Waals surface area contributed by atoms with Gasteiger partial charge in [0, 0.05) is 35.3 Å². The van der Waals surface area contributed by atoms with Gasteiger partial charge in [0.25, 0.3) is 17.7 Å². The van der Waals surface area contributed by atoms with E-state index in [4.69, 9.17) is 4.74 Å². The standard InChI is InChI=1S/C23H28N4O5.2CH4/c1-16(28)17-3-5-19(6-4-17)22(30)26-15-27-23(31)20-9-7-18(8-10-20)21(29)25-12-14-32-13-11-24-2;;/h3-10,24H,11-15H2,1-2H3,(H,25,29)(H,26,30)(H,27,31);2*1H4. The fourth-order valence-electron chi connectivity index (χ4n) is 2.65. The molecule has 0 aliphatic carbocycles. The number of hydrogen-bond acceptors (Lipinski definition) is 6. The normalized spacial score (nSPS) is 9.71. The fourth-order valence-corrected chi connectivity index (χ4v) is 2.65. The number of carbonyl (C=O) groups is 4. The quantitative estimate of drug-likeness (QED) is 0.213. The Balaban J connectivity index is 0.00000544. The zero-order valence-electron chi connectivity index (χ0n) is 18.2. The van der Waals surface area contributed by atoms with Crippen LogP contribution < -0.4 is 21.3 Å². The van der Waals surface area contributed by atoms with Crippen LogP contribution in [0.15, 0.2) is 48.5 Å². The third-order valence-electron chi connectivity index (χ3n) is 4.49. The maximum atomic E-state index is 12.2. The van der Waals surface area contributed by atoms with Crippen molar-refractivity contribution in [2.75, 3.05) is 40.0 Å². The zero-order valence-corrected chi connectivity index (χ0v) is 18.2. The first-order valence-corrected chi connectivity index (χ1v) is 10.2. The highest BCUT2D eigenvalue weighted by Gasteiger charge is 2.10. The van der Waals surface area contributed by atoms with Crippen LogP contribution in [0.1, 0.15) is 63.2 Å². The first-order chi connectivity index (χ1) is 15.4. The van der Waals surface area contributed by atoms with Crippen LogP contribution in [-0.2, 0) is 4.74 Å². The van der Waals surface area contributed by atoms with Gasteiger partial charge in [-0.15, -0.1) is 0 Å². The molecule has 0 bridgehead atoms. The van der Waals surface area contributed by atoms with E-state index in [0.29, 0.717) is 42.0 Å². The Bertz CT molecular complexity index is 927. The van der Waals surface area contributed by atoms with Crippen LogP contribution in [-0.4, -0.2) is 63.5 Å². The Hall–Kier alpha value is -3.56. The third kappa shape index (κ3) is 9.93. The molecule has 0 saturated heterocycles. The molecule has 2 aromatic carbocycles. The van der Waals surface area contributed by atoms with Gasteiger partial charge in [0.05, 0.1) is 19.9 Å². The van der Waals surface area contributed by atoms with E-state index in [1.807, 2.05) is 7.05 Å². The second kappa shape index (κ2) is 16.1. The van der Waals surface area contributed by atoms with E-state index in [-0.39, 0.29) is 45.0 Å². The Morgan fingerprint density at radius 1 is 0.647 bits per heavy atom. The first kappa shape index (κ1) is 30.4. The molecule has 186 valence electrons. The lowest BCUT2D eigenvalue weighted by atomic mass is 10.1. The van der Waals surface area contributed by atoms with E-state index in [2.05, 4.69) is 21.3 Å². The molecule has 0 aliphatic heterocycles. The van der Waals surface area contributed by atoms with Crippen molar-refractivity contribution < 1.29 is 23.9 Å². The van der Waals surface area contributed by atoms with Crippen molar-refractivity contribution in [3.63, 3.8) is 0 Å². The lowest BCUT2D eigenvalue weighted by Gasteiger charge is -2.09. The number of ether oxygens (including phenoxy) is 1. The molecule has 0 fully saturated rings. The highest BCUT2D eigenvalue weighted by molar-refractivity contribution is 5.99. The van der Waals surface area contributed by atoms with Crippen LogP contribution in [0.5, 0.6) is 0 Å². The van der Waals surface area contributed by atoms with Crippen molar-refractivity contribution in [2.24, 2.45) is 0 Å². The van der Waals surface area contributed by atoms with Gasteiger partial charge >= 0.3 is 0 Å². The summed E-state index contributed by atoms with van der Waals surface area (Å²) in [7, 11) is 1.84. The molecule has 0 atom stereocenters. The van der Waals surface area contributed by atoms with Gasteiger partial charge in [0.15, 0.2) is 5.78 Å². The molecule has 4 N–H and O–H groups in total. The molecule has 0 aliphatic rings. The van der Waals surface area contributed by atoms with Gasteiger partial charge in [-0.2, -0.15) is 0 Å². The number of nitrogens with one attached hydrogen (secondary N) is 4. The number of hydrogen-bond donors (Lipinski definition) is 4. The highest BCUT2D eigenvalue weighted by atomic mass is 16.5. The van der Waals surface area contributed by atoms with Crippen LogP contribution in [0.3, 0.4) is 0 Å². The molecule has 9 nitrogen and oxygen atoms in total. The molecule has 34 heavy (non-hydrogen) atoms. The molecule has 0 unspecified atom stereocenters. The number of carbonyl (C=O) groups excluding carboxylic acids is 4. The summed E-state index contributed by atoms with van der Waals surface area (Å²) >= 11 is 0. The molecule has 9 heteroatoms. The Labute approximate surface area is 201 Å². The van der Waals surface area contributed by atoms with Crippen LogP contribution in [0.2, 0.25) is 0 Å². The molecule has 0 aromatic heterocycles. The van der Waals surface area contributed by atoms with Gasteiger partial charge < -0.3 is 26.0 Å². The molecule has 2 aromatic rings. The van der Waals surface area contributed by atoms with Crippen LogP contribution in [0, 0.1) is 0 Å². The second-order valence-corrected chi connectivity index (χ2v) is 6.87. The highest BCUT2D eigenvalue weighted by Crippen LogP contribution is 2.06. The zero-order chi connectivity index (χ0) is 23.3. The van der Waals surface area contributed by atoms with Crippen molar-refractivity contribution in [1.82, 2.24) is 21.3 Å². The predicted octanol–water partition coefficient (Wildman–Crippen LogP) is 2.24. The van der Waals surface area contributed by atoms with E-state index >= 15 is 0 Å². The Morgan fingerprint density at radius 2 is 1.03 bits per heavy atom. The van der Waals surface area contributed by atoms with Crippen molar-refractivity contribution in [2.45, 2.75) is 21.8 Å². The molecule has 0 radical (unpaired) electrons. The maximum Gasteiger partial charge on any atom is 0.252 e. The van der Waals surface area contributed by atoms with Crippen molar-refractivity contribution in [3.05, 3.63) is 70.8 Å². The summed E-state index contributed by atoms with van der Waals surface area (Å²) in [6.07, 6.45) is 0. The van der Waals surface area contributed by atoms with Gasteiger partial charge in [-0.3, -0.25) is 19.2 Å². The first-order valence-electron chi connectivity index (χ1n) is 10.2. The largest absolute Gasteiger partial charge is 0.378 e. The van der Waals surface area contributed by atoms with Gasteiger partial charge in [-0.25, -0.2) is 0 Å². The Morgan fingerprint density at radius 3 is 1.44 bits per heavy atom. The van der Waals surface area contributed by atoms with Crippen molar-refractivity contribution in [3.8, 4) is 0 Å². The summed E-state index contributed by atoms with van der Waals surface area (Å²) < 4.78 is 5.33. The average Bonchev–Trinajstić information content (AvgIpc) is 2.81. The molecule has 2 rings (SSSR count). The molecular formula is C25H36N4O5. The van der Waals surface area contributed by atoms with E-state index in [1.54, 1.807) is 36.4 Å². The van der Waals surface area contributed by atoms with E-state index in [9.17, 15) is 19.2 Å². The van der Waals surface area contributed by atoms with Crippen LogP contribution in [0.25, 0.3) is 0 Å². The SMILES string of the molecule is C.C.CNCCOCCNC(=O)c1ccc(C(=O)NCNC(=O)c2ccc(C(C)=O)cc2)cc1. The fraction of sp³-hybridized carbons (Fsp3) is 0.360. The number of Topliss-reactive ketones (excluding diaryl/α,β-unsaturated/α-hetero) is 1. The minimum absolute atomic E-state index is 0. The smallest absolute Gasteiger partial charge is 0.252 e. The average molecular weight is 473 g/mol. The van der Waals surface area contributed by atoms with E-state index in [0.717, 1.165) is 6.54 Å². The van der Waals surface area contributed by atoms with Crippen molar-refractivity contribution in [1.29, 1.82) is 0 Å². The summed E-state index contributed by atoms with van der Waals surface area (Å²) in [5, 5.41) is 10.9. The van der Waals surface area contributed by atoms with Gasteiger partial charge in [-0.05, 0) is 50.4 Å². The van der Waals surface area contributed by atoms with Crippen LogP contribution in [0.4, 0.5) is 0 Å². The molecule has 0 heterocycles. The molecule has 0 saturated carbocycles. The summed E-state index contributed by atoms with van der Waals surface area (Å²) in [6.45, 7) is 3.51. The van der Waals surface area contributed by atoms with E-state index < -0.39 is 0 Å². The summed E-state index contributed by atoms with van der Waals surface area (Å²) in [5.41, 5.74) is 1.69. The minimum atomic E-state index is -0.387. The predicted molar refractivity (Wildman–Crippen MR) is 133 cm³/mol. The number of amides is 3. The number of ketones is 1. The van der Waals surface area contributed by atoms with Crippen molar-refractivity contribution >= 4 is 23.5 Å². The van der Waals surface area contributed by atoms with Gasteiger partial charge in [0.1, 0.15) is 0 Å². The number of rotatable bonds is 12. The monoisotopic (exact) mass is 472 g/mol. The Kier molecular flexibility index (Phi) is 14.4. The van der Waals surface area contributed by atoms with Crippen LogP contribution >= 0.6 is 0 Å². The number of benzene rings is 2.